The monoisotopic (exact) mass is 233 g/mol. The van der Waals surface area contributed by atoms with Crippen molar-refractivity contribution in [3.05, 3.63) is 35.4 Å². The first-order valence-electron chi connectivity index (χ1n) is 7.14. The van der Waals surface area contributed by atoms with Crippen LogP contribution in [0.1, 0.15) is 63.6 Å². The fourth-order valence-electron chi connectivity index (χ4n) is 2.25. The molecule has 1 aromatic rings. The molecule has 0 heterocycles. The molecule has 96 valence electrons. The molecule has 1 nitrogen and oxygen atoms in total. The fourth-order valence-corrected chi connectivity index (χ4v) is 2.25. The van der Waals surface area contributed by atoms with Gasteiger partial charge >= 0.3 is 0 Å². The van der Waals surface area contributed by atoms with Crippen LogP contribution in [-0.4, -0.2) is 6.54 Å². The molecule has 17 heavy (non-hydrogen) atoms. The Morgan fingerprint density at radius 3 is 2.24 bits per heavy atom. The van der Waals surface area contributed by atoms with Gasteiger partial charge < -0.3 is 5.32 Å². The van der Waals surface area contributed by atoms with Crippen molar-refractivity contribution in [1.82, 2.24) is 5.32 Å². The third-order valence-electron chi connectivity index (χ3n) is 3.22. The Balaban J connectivity index is 2.65. The lowest BCUT2D eigenvalue weighted by Gasteiger charge is -2.18. The Hall–Kier alpha value is -0.820. The van der Waals surface area contributed by atoms with Crippen LogP contribution < -0.4 is 5.32 Å². The molecular weight excluding hydrogens is 206 g/mol. The summed E-state index contributed by atoms with van der Waals surface area (Å²) in [6.07, 6.45) is 6.24. The van der Waals surface area contributed by atoms with Crippen LogP contribution in [0, 0.1) is 0 Å². The second-order valence-electron chi connectivity index (χ2n) is 4.74. The van der Waals surface area contributed by atoms with Crippen molar-refractivity contribution in [1.29, 1.82) is 0 Å². The van der Waals surface area contributed by atoms with Crippen LogP contribution >= 0.6 is 0 Å². The molecule has 1 N–H and O–H groups in total. The van der Waals surface area contributed by atoms with Gasteiger partial charge in [-0.25, -0.2) is 0 Å². The van der Waals surface area contributed by atoms with E-state index in [-0.39, 0.29) is 0 Å². The average Bonchev–Trinajstić information content (AvgIpc) is 2.36. The molecule has 0 spiro atoms. The maximum Gasteiger partial charge on any atom is 0.0320 e. The van der Waals surface area contributed by atoms with Crippen LogP contribution in [0.4, 0.5) is 0 Å². The van der Waals surface area contributed by atoms with E-state index in [2.05, 4.69) is 50.4 Å². The average molecular weight is 233 g/mol. The number of nitrogens with one attached hydrogen (secondary N) is 1. The number of rotatable bonds is 8. The van der Waals surface area contributed by atoms with Gasteiger partial charge in [0.25, 0.3) is 0 Å². The second kappa shape index (κ2) is 8.30. The lowest BCUT2D eigenvalue weighted by Crippen LogP contribution is -2.20. The van der Waals surface area contributed by atoms with E-state index in [1.165, 1.54) is 43.2 Å². The minimum atomic E-state index is 0.538. The maximum atomic E-state index is 3.59. The summed E-state index contributed by atoms with van der Waals surface area (Å²) in [4.78, 5) is 0. The third-order valence-corrected chi connectivity index (χ3v) is 3.22. The van der Waals surface area contributed by atoms with Gasteiger partial charge in [0.1, 0.15) is 0 Å². The van der Waals surface area contributed by atoms with Crippen LogP contribution in [-0.2, 0) is 6.42 Å². The van der Waals surface area contributed by atoms with Crippen molar-refractivity contribution in [2.75, 3.05) is 6.54 Å². The summed E-state index contributed by atoms with van der Waals surface area (Å²) in [5.41, 5.74) is 2.90. The van der Waals surface area contributed by atoms with Crippen LogP contribution in [0.25, 0.3) is 0 Å². The first-order valence-corrected chi connectivity index (χ1v) is 7.14. The lowest BCUT2D eigenvalue weighted by molar-refractivity contribution is 0.494. The molecule has 1 unspecified atom stereocenters. The van der Waals surface area contributed by atoms with Crippen LogP contribution in [0.3, 0.4) is 0 Å². The highest BCUT2D eigenvalue weighted by atomic mass is 14.9. The normalized spacial score (nSPS) is 12.6. The molecule has 0 aliphatic carbocycles. The first-order chi connectivity index (χ1) is 8.31. The molecule has 0 saturated heterocycles. The van der Waals surface area contributed by atoms with Gasteiger partial charge in [-0.1, -0.05) is 64.3 Å². The highest BCUT2D eigenvalue weighted by molar-refractivity contribution is 5.25. The molecule has 1 rings (SSSR count). The van der Waals surface area contributed by atoms with Gasteiger partial charge in [-0.2, -0.15) is 0 Å². The molecular formula is C16H27N. The molecule has 0 aliphatic heterocycles. The van der Waals surface area contributed by atoms with Crippen molar-refractivity contribution in [2.45, 2.75) is 58.9 Å². The molecule has 1 atom stereocenters. The Kier molecular flexibility index (Phi) is 6.95. The zero-order valence-corrected chi connectivity index (χ0v) is 11.6. The molecule has 1 aromatic carbocycles. The largest absolute Gasteiger partial charge is 0.310 e. The molecule has 0 bridgehead atoms. The van der Waals surface area contributed by atoms with E-state index >= 15 is 0 Å². The summed E-state index contributed by atoms with van der Waals surface area (Å²) in [6.45, 7) is 7.72. The quantitative estimate of drug-likeness (QED) is 0.698. The van der Waals surface area contributed by atoms with E-state index in [0.717, 1.165) is 6.54 Å². The van der Waals surface area contributed by atoms with Crippen molar-refractivity contribution in [3.8, 4) is 0 Å². The second-order valence-corrected chi connectivity index (χ2v) is 4.74. The Morgan fingerprint density at radius 1 is 1.00 bits per heavy atom. The maximum absolute atomic E-state index is 3.59. The Morgan fingerprint density at radius 2 is 1.71 bits per heavy atom. The summed E-state index contributed by atoms with van der Waals surface area (Å²) in [5, 5.41) is 3.59. The molecule has 0 amide bonds. The number of hydrogen-bond donors (Lipinski definition) is 1. The zero-order chi connectivity index (χ0) is 12.5. The topological polar surface area (TPSA) is 12.0 Å². The molecule has 0 saturated carbocycles. The molecule has 0 aliphatic rings. The standard InChI is InChI=1S/C16H27N/c1-4-7-9-16(17-6-3)15-12-10-14(8-5-2)11-13-15/h10-13,16-17H,4-9H2,1-3H3. The van der Waals surface area contributed by atoms with Crippen LogP contribution in [0.2, 0.25) is 0 Å². The van der Waals surface area contributed by atoms with Gasteiger partial charge in [0.05, 0.1) is 0 Å². The van der Waals surface area contributed by atoms with Crippen molar-refractivity contribution < 1.29 is 0 Å². The van der Waals surface area contributed by atoms with Crippen molar-refractivity contribution in [3.63, 3.8) is 0 Å². The van der Waals surface area contributed by atoms with E-state index in [9.17, 15) is 0 Å². The highest BCUT2D eigenvalue weighted by Gasteiger charge is 2.08. The predicted octanol–water partition coefficient (Wildman–Crippen LogP) is 4.48. The van der Waals surface area contributed by atoms with Crippen molar-refractivity contribution in [2.24, 2.45) is 0 Å². The van der Waals surface area contributed by atoms with E-state index in [1.54, 1.807) is 0 Å². The SMILES string of the molecule is CCCCC(NCC)c1ccc(CCC)cc1. The number of benzene rings is 1. The summed E-state index contributed by atoms with van der Waals surface area (Å²) >= 11 is 0. The highest BCUT2D eigenvalue weighted by Crippen LogP contribution is 2.20. The first kappa shape index (κ1) is 14.2. The zero-order valence-electron chi connectivity index (χ0n) is 11.6. The summed E-state index contributed by atoms with van der Waals surface area (Å²) in [7, 11) is 0. The lowest BCUT2D eigenvalue weighted by atomic mass is 9.99. The van der Waals surface area contributed by atoms with Crippen molar-refractivity contribution >= 4 is 0 Å². The summed E-state index contributed by atoms with van der Waals surface area (Å²) in [6, 6.07) is 9.71. The molecule has 0 aromatic heterocycles. The minimum Gasteiger partial charge on any atom is -0.310 e. The van der Waals surface area contributed by atoms with E-state index in [0.29, 0.717) is 6.04 Å². The third kappa shape index (κ3) is 4.91. The van der Waals surface area contributed by atoms with E-state index in [1.807, 2.05) is 0 Å². The summed E-state index contributed by atoms with van der Waals surface area (Å²) < 4.78 is 0. The van der Waals surface area contributed by atoms with Gasteiger partial charge in [0.2, 0.25) is 0 Å². The number of aryl methyl sites for hydroxylation is 1. The van der Waals surface area contributed by atoms with Crippen LogP contribution in [0.15, 0.2) is 24.3 Å². The Labute approximate surface area is 107 Å². The molecule has 0 radical (unpaired) electrons. The number of unbranched alkanes of at least 4 members (excludes halogenated alkanes) is 1. The van der Waals surface area contributed by atoms with E-state index in [4.69, 9.17) is 0 Å². The molecule has 1 heteroatoms. The van der Waals surface area contributed by atoms with Gasteiger partial charge in [-0.05, 0) is 30.5 Å². The van der Waals surface area contributed by atoms with Gasteiger partial charge in [-0.15, -0.1) is 0 Å². The van der Waals surface area contributed by atoms with Gasteiger partial charge in [0.15, 0.2) is 0 Å². The summed E-state index contributed by atoms with van der Waals surface area (Å²) in [5.74, 6) is 0. The Bertz CT molecular complexity index is 289. The van der Waals surface area contributed by atoms with E-state index < -0.39 is 0 Å². The number of hydrogen-bond acceptors (Lipinski definition) is 1. The van der Waals surface area contributed by atoms with Gasteiger partial charge in [0, 0.05) is 6.04 Å². The smallest absolute Gasteiger partial charge is 0.0320 e. The van der Waals surface area contributed by atoms with Crippen LogP contribution in [0.5, 0.6) is 0 Å². The van der Waals surface area contributed by atoms with Gasteiger partial charge in [-0.3, -0.25) is 0 Å². The molecule has 0 fully saturated rings. The predicted molar refractivity (Wildman–Crippen MR) is 76.4 cm³/mol. The fraction of sp³-hybridized carbons (Fsp3) is 0.625. The minimum absolute atomic E-state index is 0.538.